The lowest BCUT2D eigenvalue weighted by Gasteiger charge is -2.08. The molecule has 0 saturated heterocycles. The molecule has 0 spiro atoms. The van der Waals surface area contributed by atoms with Crippen molar-refractivity contribution in [2.24, 2.45) is 0 Å². The first-order chi connectivity index (χ1) is 11.8. The summed E-state index contributed by atoms with van der Waals surface area (Å²) in [5, 5.41) is 7.35. The smallest absolute Gasteiger partial charge is 0.234 e. The quantitative estimate of drug-likeness (QED) is 0.796. The van der Waals surface area contributed by atoms with Crippen molar-refractivity contribution in [3.05, 3.63) is 78.1 Å². The highest BCUT2D eigenvalue weighted by Crippen LogP contribution is 2.36. The number of fused-ring (bicyclic) bond motifs is 1. The summed E-state index contributed by atoms with van der Waals surface area (Å²) >= 11 is 1.65. The Morgan fingerprint density at radius 3 is 2.79 bits per heavy atom. The third-order valence-electron chi connectivity index (χ3n) is 4.06. The molecule has 2 heterocycles. The van der Waals surface area contributed by atoms with Gasteiger partial charge in [-0.15, -0.1) is 11.8 Å². The number of aromatic nitrogens is 2. The average molecular weight is 335 g/mol. The zero-order chi connectivity index (χ0) is 16.4. The molecule has 4 nitrogen and oxygen atoms in total. The lowest BCUT2D eigenvalue weighted by atomic mass is 10.1. The second-order valence-corrected chi connectivity index (χ2v) is 7.01. The van der Waals surface area contributed by atoms with Crippen molar-refractivity contribution in [3.8, 4) is 5.69 Å². The molecule has 5 heteroatoms. The van der Waals surface area contributed by atoms with Crippen molar-refractivity contribution < 1.29 is 4.79 Å². The van der Waals surface area contributed by atoms with E-state index in [1.165, 1.54) is 10.5 Å². The molecule has 2 aromatic carbocycles. The molecule has 0 aliphatic carbocycles. The second-order valence-electron chi connectivity index (χ2n) is 5.76. The van der Waals surface area contributed by atoms with Crippen molar-refractivity contribution >= 4 is 17.7 Å². The van der Waals surface area contributed by atoms with Crippen molar-refractivity contribution in [1.82, 2.24) is 15.1 Å². The van der Waals surface area contributed by atoms with E-state index in [2.05, 4.69) is 22.5 Å². The van der Waals surface area contributed by atoms with Gasteiger partial charge in [0.25, 0.3) is 0 Å². The highest BCUT2D eigenvalue weighted by molar-refractivity contribution is 8.01. The van der Waals surface area contributed by atoms with Crippen molar-refractivity contribution in [2.45, 2.75) is 23.1 Å². The number of carbonyl (C=O) groups is 1. The SMILES string of the molecule is O=C(NCc1cnn(-c2ccccc2)c1)[C@@H]1Cc2ccccc2S1. The number of hydrogen-bond acceptors (Lipinski definition) is 3. The van der Waals surface area contributed by atoms with Gasteiger partial charge in [0.05, 0.1) is 17.1 Å². The third kappa shape index (κ3) is 3.08. The minimum Gasteiger partial charge on any atom is -0.351 e. The Bertz CT molecular complexity index is 835. The summed E-state index contributed by atoms with van der Waals surface area (Å²) in [6.07, 6.45) is 4.55. The van der Waals surface area contributed by atoms with Crippen LogP contribution in [0.1, 0.15) is 11.1 Å². The lowest BCUT2D eigenvalue weighted by molar-refractivity contribution is -0.120. The minimum absolute atomic E-state index is 0.0356. The van der Waals surface area contributed by atoms with E-state index in [9.17, 15) is 4.79 Å². The first-order valence-electron chi connectivity index (χ1n) is 7.91. The summed E-state index contributed by atoms with van der Waals surface area (Å²) in [6.45, 7) is 0.499. The Balaban J connectivity index is 1.36. The molecule has 1 aliphatic rings. The Morgan fingerprint density at radius 1 is 1.17 bits per heavy atom. The van der Waals surface area contributed by atoms with Crippen LogP contribution in [-0.4, -0.2) is 20.9 Å². The van der Waals surface area contributed by atoms with Crippen LogP contribution in [0.3, 0.4) is 0 Å². The fourth-order valence-electron chi connectivity index (χ4n) is 2.80. The monoisotopic (exact) mass is 335 g/mol. The van der Waals surface area contributed by atoms with Crippen LogP contribution in [-0.2, 0) is 17.8 Å². The molecule has 0 saturated carbocycles. The minimum atomic E-state index is -0.0356. The van der Waals surface area contributed by atoms with Crippen LogP contribution in [0.4, 0.5) is 0 Å². The summed E-state index contributed by atoms with van der Waals surface area (Å²) in [6, 6.07) is 18.2. The zero-order valence-corrected chi connectivity index (χ0v) is 13.9. The Labute approximate surface area is 144 Å². The third-order valence-corrected chi connectivity index (χ3v) is 5.38. The molecule has 120 valence electrons. The predicted molar refractivity (Wildman–Crippen MR) is 95.2 cm³/mol. The van der Waals surface area contributed by atoms with Gasteiger partial charge in [0.1, 0.15) is 0 Å². The van der Waals surface area contributed by atoms with Crippen LogP contribution in [0.25, 0.3) is 5.69 Å². The number of rotatable bonds is 4. The fraction of sp³-hybridized carbons (Fsp3) is 0.158. The van der Waals surface area contributed by atoms with Gasteiger partial charge in [-0.3, -0.25) is 4.79 Å². The molecular formula is C19H17N3OS. The maximum atomic E-state index is 12.4. The van der Waals surface area contributed by atoms with E-state index in [1.807, 2.05) is 53.3 Å². The number of benzene rings is 2. The van der Waals surface area contributed by atoms with E-state index in [-0.39, 0.29) is 11.2 Å². The van der Waals surface area contributed by atoms with Gasteiger partial charge in [-0.2, -0.15) is 5.10 Å². The summed E-state index contributed by atoms with van der Waals surface area (Å²) < 4.78 is 1.82. The van der Waals surface area contributed by atoms with Crippen LogP contribution in [0.15, 0.2) is 71.9 Å². The molecule has 1 atom stereocenters. The summed E-state index contributed by atoms with van der Waals surface area (Å²) in [4.78, 5) is 13.6. The molecule has 0 bridgehead atoms. The maximum absolute atomic E-state index is 12.4. The second kappa shape index (κ2) is 6.53. The number of nitrogens with one attached hydrogen (secondary N) is 1. The summed E-state index contributed by atoms with van der Waals surface area (Å²) in [7, 11) is 0. The van der Waals surface area contributed by atoms with Crippen LogP contribution in [0.5, 0.6) is 0 Å². The number of nitrogens with zero attached hydrogens (tertiary/aromatic N) is 2. The van der Waals surface area contributed by atoms with Gasteiger partial charge < -0.3 is 5.32 Å². The fourth-order valence-corrected chi connectivity index (χ4v) is 4.02. The van der Waals surface area contributed by atoms with Crippen LogP contribution < -0.4 is 5.32 Å². The largest absolute Gasteiger partial charge is 0.351 e. The van der Waals surface area contributed by atoms with E-state index in [0.717, 1.165) is 17.7 Å². The van der Waals surface area contributed by atoms with Gasteiger partial charge >= 0.3 is 0 Å². The Morgan fingerprint density at radius 2 is 1.96 bits per heavy atom. The van der Waals surface area contributed by atoms with Crippen molar-refractivity contribution in [3.63, 3.8) is 0 Å². The van der Waals surface area contributed by atoms with Crippen LogP contribution >= 0.6 is 11.8 Å². The van der Waals surface area contributed by atoms with Gasteiger partial charge in [0.15, 0.2) is 0 Å². The normalized spacial score (nSPS) is 15.9. The molecule has 1 amide bonds. The molecule has 0 fully saturated rings. The number of para-hydroxylation sites is 1. The summed E-state index contributed by atoms with van der Waals surface area (Å²) in [5.74, 6) is 0.0867. The van der Waals surface area contributed by atoms with Gasteiger partial charge in [-0.1, -0.05) is 36.4 Å². The molecule has 0 radical (unpaired) electrons. The van der Waals surface area contributed by atoms with Gasteiger partial charge in [0.2, 0.25) is 5.91 Å². The first-order valence-corrected chi connectivity index (χ1v) is 8.79. The molecule has 24 heavy (non-hydrogen) atoms. The van der Waals surface area contributed by atoms with Crippen LogP contribution in [0, 0.1) is 0 Å². The Hall–Kier alpha value is -2.53. The highest BCUT2D eigenvalue weighted by Gasteiger charge is 2.27. The molecule has 1 N–H and O–H groups in total. The molecule has 3 aromatic rings. The average Bonchev–Trinajstić information content (AvgIpc) is 3.27. The molecule has 1 aromatic heterocycles. The summed E-state index contributed by atoms with van der Waals surface area (Å²) in [5.41, 5.74) is 3.27. The van der Waals surface area contributed by atoms with E-state index in [4.69, 9.17) is 0 Å². The first kappa shape index (κ1) is 15.0. The number of amides is 1. The molecule has 1 aliphatic heterocycles. The van der Waals surface area contributed by atoms with E-state index in [1.54, 1.807) is 18.0 Å². The zero-order valence-electron chi connectivity index (χ0n) is 13.1. The maximum Gasteiger partial charge on any atom is 0.234 e. The van der Waals surface area contributed by atoms with Crippen molar-refractivity contribution in [2.75, 3.05) is 0 Å². The molecule has 0 unspecified atom stereocenters. The van der Waals surface area contributed by atoms with E-state index < -0.39 is 0 Å². The van der Waals surface area contributed by atoms with Gasteiger partial charge in [0, 0.05) is 23.2 Å². The number of hydrogen-bond donors (Lipinski definition) is 1. The lowest BCUT2D eigenvalue weighted by Crippen LogP contribution is -2.31. The molecule has 4 rings (SSSR count). The number of carbonyl (C=O) groups excluding carboxylic acids is 1. The molecular weight excluding hydrogens is 318 g/mol. The van der Waals surface area contributed by atoms with Crippen molar-refractivity contribution in [1.29, 1.82) is 0 Å². The van der Waals surface area contributed by atoms with Gasteiger partial charge in [-0.05, 0) is 30.2 Å². The van der Waals surface area contributed by atoms with Crippen LogP contribution in [0.2, 0.25) is 0 Å². The number of thioether (sulfide) groups is 1. The standard InChI is InChI=1S/C19H17N3OS/c23-19(18-10-15-6-4-5-9-17(15)24-18)20-11-14-12-21-22(13-14)16-7-2-1-3-8-16/h1-9,12-13,18H,10-11H2,(H,20,23)/t18-/m0/s1. The topological polar surface area (TPSA) is 46.9 Å². The van der Waals surface area contributed by atoms with E-state index in [0.29, 0.717) is 6.54 Å². The predicted octanol–water partition coefficient (Wildman–Crippen LogP) is 3.21. The van der Waals surface area contributed by atoms with E-state index >= 15 is 0 Å². The highest BCUT2D eigenvalue weighted by atomic mass is 32.2. The van der Waals surface area contributed by atoms with Gasteiger partial charge in [-0.25, -0.2) is 4.68 Å². The Kier molecular flexibility index (Phi) is 4.09.